The van der Waals surface area contributed by atoms with E-state index in [2.05, 4.69) is 25.2 Å². The first-order chi connectivity index (χ1) is 16.9. The number of allylic oxidation sites excluding steroid dienone is 3. The van der Waals surface area contributed by atoms with E-state index in [1.807, 2.05) is 30.5 Å². The highest BCUT2D eigenvalue weighted by Gasteiger charge is 2.33. The second-order valence-corrected chi connectivity index (χ2v) is 7.99. The molecule has 1 aliphatic carbocycles. The molecule has 1 aromatic carbocycles. The van der Waals surface area contributed by atoms with Crippen molar-refractivity contribution >= 4 is 34.3 Å². The molecule has 3 heterocycles. The summed E-state index contributed by atoms with van der Waals surface area (Å²) in [5.41, 5.74) is 2.10. The SMILES string of the molecule is COc1ccc2nc(C3C=NC=CC3)nc(Nc3cc(C4=CCC(OC(F)(F)F)C=C4)[nH]n3)c2c1. The average molecular weight is 482 g/mol. The second kappa shape index (κ2) is 9.34. The fourth-order valence-corrected chi connectivity index (χ4v) is 3.88. The Kier molecular flexibility index (Phi) is 6.08. The number of rotatable bonds is 6. The molecular formula is C24H21F3N6O2. The van der Waals surface area contributed by atoms with Crippen LogP contribution in [0.4, 0.5) is 24.8 Å². The van der Waals surface area contributed by atoms with E-state index in [9.17, 15) is 13.2 Å². The molecule has 0 fully saturated rings. The van der Waals surface area contributed by atoms with Crippen molar-refractivity contribution in [2.24, 2.45) is 4.99 Å². The zero-order chi connectivity index (χ0) is 24.4. The Bertz CT molecular complexity index is 1360. The van der Waals surface area contributed by atoms with Crippen LogP contribution in [0, 0.1) is 0 Å². The quantitative estimate of drug-likeness (QED) is 0.487. The monoisotopic (exact) mass is 482 g/mol. The van der Waals surface area contributed by atoms with Crippen molar-refractivity contribution in [1.82, 2.24) is 20.2 Å². The van der Waals surface area contributed by atoms with Gasteiger partial charge in [0.05, 0.1) is 30.3 Å². The van der Waals surface area contributed by atoms with Crippen molar-refractivity contribution in [1.29, 1.82) is 0 Å². The molecule has 8 nitrogen and oxygen atoms in total. The first-order valence-corrected chi connectivity index (χ1v) is 10.9. The first kappa shape index (κ1) is 22.8. The molecule has 0 saturated heterocycles. The van der Waals surface area contributed by atoms with E-state index in [4.69, 9.17) is 14.7 Å². The predicted molar refractivity (Wildman–Crippen MR) is 126 cm³/mol. The van der Waals surface area contributed by atoms with Gasteiger partial charge in [-0.25, -0.2) is 9.97 Å². The van der Waals surface area contributed by atoms with Crippen LogP contribution in [-0.2, 0) is 4.74 Å². The highest BCUT2D eigenvalue weighted by atomic mass is 19.4. The largest absolute Gasteiger partial charge is 0.523 e. The van der Waals surface area contributed by atoms with E-state index >= 15 is 0 Å². The van der Waals surface area contributed by atoms with Crippen LogP contribution in [0.15, 0.2) is 59.8 Å². The number of nitrogens with one attached hydrogen (secondary N) is 2. The van der Waals surface area contributed by atoms with E-state index in [1.165, 1.54) is 6.08 Å². The molecule has 0 amide bonds. The molecule has 3 aromatic rings. The van der Waals surface area contributed by atoms with Crippen molar-refractivity contribution in [2.75, 3.05) is 12.4 Å². The Labute approximate surface area is 198 Å². The molecule has 2 aromatic heterocycles. The van der Waals surface area contributed by atoms with Gasteiger partial charge in [-0.05, 0) is 36.6 Å². The summed E-state index contributed by atoms with van der Waals surface area (Å²) in [7, 11) is 1.59. The molecule has 2 atom stereocenters. The minimum absolute atomic E-state index is 0.0498. The summed E-state index contributed by atoms with van der Waals surface area (Å²) in [4.78, 5) is 13.7. The molecule has 0 spiro atoms. The van der Waals surface area contributed by atoms with Gasteiger partial charge in [-0.2, -0.15) is 5.10 Å². The van der Waals surface area contributed by atoms with Crippen molar-refractivity contribution in [3.05, 3.63) is 66.3 Å². The molecule has 2 N–H and O–H groups in total. The van der Waals surface area contributed by atoms with Crippen LogP contribution >= 0.6 is 0 Å². The summed E-state index contributed by atoms with van der Waals surface area (Å²) in [6.07, 6.45) is 5.30. The molecular weight excluding hydrogens is 461 g/mol. The standard InChI is InChI=1S/C24H21F3N6O2/c1-34-17-8-9-19-18(11-17)23(31-22(29-19)15-3-2-10-28-13-15)30-21-12-20(32-33-21)14-4-6-16(7-5-14)35-24(25,26)27/h2,4-6,8-13,15-16H,3,7H2,1H3,(H2,29,30,31,32,33). The van der Waals surface area contributed by atoms with Crippen LogP contribution < -0.4 is 10.1 Å². The number of halogens is 3. The molecule has 0 bridgehead atoms. The minimum Gasteiger partial charge on any atom is -0.497 e. The lowest BCUT2D eigenvalue weighted by Gasteiger charge is -2.17. The number of ether oxygens (including phenoxy) is 2. The molecule has 5 rings (SSSR count). The zero-order valence-electron chi connectivity index (χ0n) is 18.6. The van der Waals surface area contributed by atoms with Crippen LogP contribution in [0.25, 0.3) is 16.5 Å². The lowest BCUT2D eigenvalue weighted by atomic mass is 10.0. The first-order valence-electron chi connectivity index (χ1n) is 10.9. The number of fused-ring (bicyclic) bond motifs is 1. The summed E-state index contributed by atoms with van der Waals surface area (Å²) in [6, 6.07) is 7.31. The number of hydrogen-bond donors (Lipinski definition) is 2. The van der Waals surface area contributed by atoms with Crippen LogP contribution in [0.1, 0.15) is 30.3 Å². The predicted octanol–water partition coefficient (Wildman–Crippen LogP) is 5.43. The molecule has 1 aliphatic heterocycles. The van der Waals surface area contributed by atoms with Crippen LogP contribution in [0.3, 0.4) is 0 Å². The number of anilines is 2. The zero-order valence-corrected chi connectivity index (χ0v) is 18.6. The maximum atomic E-state index is 12.4. The summed E-state index contributed by atoms with van der Waals surface area (Å²) < 4.78 is 46.8. The number of methoxy groups -OCH3 is 1. The lowest BCUT2D eigenvalue weighted by molar-refractivity contribution is -0.335. The molecule has 0 radical (unpaired) electrons. The van der Waals surface area contributed by atoms with E-state index < -0.39 is 12.5 Å². The van der Waals surface area contributed by atoms with Gasteiger partial charge in [-0.15, -0.1) is 13.2 Å². The topological polar surface area (TPSA) is 97.3 Å². The fourth-order valence-electron chi connectivity index (χ4n) is 3.88. The third-order valence-corrected chi connectivity index (χ3v) is 5.58. The Morgan fingerprint density at radius 3 is 2.74 bits per heavy atom. The Balaban J connectivity index is 1.41. The Hall–Kier alpha value is -3.99. The molecule has 35 heavy (non-hydrogen) atoms. The maximum Gasteiger partial charge on any atom is 0.523 e. The Morgan fingerprint density at radius 2 is 2.03 bits per heavy atom. The number of nitrogens with zero attached hydrogens (tertiary/aromatic N) is 4. The highest BCUT2D eigenvalue weighted by Crippen LogP contribution is 2.31. The molecule has 0 saturated carbocycles. The third kappa shape index (κ3) is 5.24. The summed E-state index contributed by atoms with van der Waals surface area (Å²) >= 11 is 0. The minimum atomic E-state index is -4.67. The van der Waals surface area contributed by atoms with Gasteiger partial charge in [0.2, 0.25) is 0 Å². The van der Waals surface area contributed by atoms with Crippen molar-refractivity contribution in [3.63, 3.8) is 0 Å². The number of H-pyrrole nitrogens is 1. The van der Waals surface area contributed by atoms with Gasteiger partial charge in [0.15, 0.2) is 5.82 Å². The smallest absolute Gasteiger partial charge is 0.497 e. The number of aliphatic imine (C=N–C) groups is 1. The van der Waals surface area contributed by atoms with Crippen LogP contribution in [0.2, 0.25) is 0 Å². The summed E-state index contributed by atoms with van der Waals surface area (Å²) in [5.74, 6) is 2.29. The van der Waals surface area contributed by atoms with Gasteiger partial charge in [0.25, 0.3) is 0 Å². The highest BCUT2D eigenvalue weighted by molar-refractivity contribution is 5.92. The van der Waals surface area contributed by atoms with E-state index in [0.29, 0.717) is 34.5 Å². The lowest BCUT2D eigenvalue weighted by Crippen LogP contribution is -2.22. The normalized spacial score (nSPS) is 19.7. The van der Waals surface area contributed by atoms with Gasteiger partial charge in [0, 0.05) is 23.9 Å². The summed E-state index contributed by atoms with van der Waals surface area (Å²) in [6.45, 7) is 0. The van der Waals surface area contributed by atoms with E-state index in [-0.39, 0.29) is 12.3 Å². The molecule has 11 heteroatoms. The average Bonchev–Trinajstić information content (AvgIpc) is 3.32. The summed E-state index contributed by atoms with van der Waals surface area (Å²) in [5, 5.41) is 11.2. The number of aromatic nitrogens is 4. The second-order valence-electron chi connectivity index (χ2n) is 7.99. The third-order valence-electron chi connectivity index (χ3n) is 5.58. The number of aromatic amines is 1. The fraction of sp³-hybridized carbons (Fsp3) is 0.250. The van der Waals surface area contributed by atoms with Crippen molar-refractivity contribution in [3.8, 4) is 5.75 Å². The Morgan fingerprint density at radius 1 is 1.14 bits per heavy atom. The van der Waals surface area contributed by atoms with E-state index in [1.54, 1.807) is 31.5 Å². The van der Waals surface area contributed by atoms with Crippen molar-refractivity contribution < 1.29 is 22.6 Å². The van der Waals surface area contributed by atoms with Crippen molar-refractivity contribution in [2.45, 2.75) is 31.2 Å². The number of alkyl halides is 3. The van der Waals surface area contributed by atoms with Gasteiger partial charge in [-0.3, -0.25) is 14.8 Å². The van der Waals surface area contributed by atoms with E-state index in [0.717, 1.165) is 17.3 Å². The molecule has 180 valence electrons. The maximum absolute atomic E-state index is 12.4. The number of hydrogen-bond acceptors (Lipinski definition) is 7. The molecule has 2 aliphatic rings. The van der Waals surface area contributed by atoms with Crippen LogP contribution in [0.5, 0.6) is 5.75 Å². The van der Waals surface area contributed by atoms with Gasteiger partial charge < -0.3 is 10.1 Å². The van der Waals surface area contributed by atoms with Gasteiger partial charge >= 0.3 is 6.36 Å². The van der Waals surface area contributed by atoms with Crippen LogP contribution in [-0.4, -0.2) is 46.0 Å². The number of benzene rings is 1. The van der Waals surface area contributed by atoms with Gasteiger partial charge in [0.1, 0.15) is 17.4 Å². The molecule has 2 unspecified atom stereocenters. The van der Waals surface area contributed by atoms with Gasteiger partial charge in [-0.1, -0.05) is 24.3 Å².